The van der Waals surface area contributed by atoms with Gasteiger partial charge in [0.15, 0.2) is 0 Å². The molecule has 2 rings (SSSR count). The normalized spacial score (nSPS) is 12.2. The van der Waals surface area contributed by atoms with Gasteiger partial charge in [-0.25, -0.2) is 4.39 Å². The summed E-state index contributed by atoms with van der Waals surface area (Å²) in [6, 6.07) is 10.0. The van der Waals surface area contributed by atoms with Crippen LogP contribution >= 0.6 is 11.6 Å². The first-order valence-corrected chi connectivity index (χ1v) is 6.79. The molecular formula is C16H17ClFNO. The fourth-order valence-corrected chi connectivity index (χ4v) is 2.19. The van der Waals surface area contributed by atoms with E-state index in [0.717, 1.165) is 11.1 Å². The smallest absolute Gasteiger partial charge is 0.146 e. The van der Waals surface area contributed by atoms with Gasteiger partial charge in [0.2, 0.25) is 0 Å². The molecule has 0 amide bonds. The van der Waals surface area contributed by atoms with E-state index < -0.39 is 0 Å². The van der Waals surface area contributed by atoms with E-state index in [1.54, 1.807) is 6.07 Å². The van der Waals surface area contributed by atoms with Crippen molar-refractivity contribution in [2.75, 3.05) is 7.05 Å². The number of halogens is 2. The van der Waals surface area contributed by atoms with Crippen LogP contribution in [0.3, 0.4) is 0 Å². The fraction of sp³-hybridized carbons (Fsp3) is 0.250. The molecule has 0 radical (unpaired) electrons. The maximum absolute atomic E-state index is 13.4. The van der Waals surface area contributed by atoms with Crippen LogP contribution in [0.25, 0.3) is 0 Å². The Morgan fingerprint density at radius 3 is 2.50 bits per heavy atom. The van der Waals surface area contributed by atoms with Gasteiger partial charge in [-0.05, 0) is 56.8 Å². The summed E-state index contributed by atoms with van der Waals surface area (Å²) in [7, 11) is 1.82. The van der Waals surface area contributed by atoms with E-state index in [1.807, 2.05) is 39.1 Å². The summed E-state index contributed by atoms with van der Waals surface area (Å²) in [6.45, 7) is 3.90. The van der Waals surface area contributed by atoms with Crippen LogP contribution in [0.15, 0.2) is 36.4 Å². The summed E-state index contributed by atoms with van der Waals surface area (Å²) < 4.78 is 19.2. The highest BCUT2D eigenvalue weighted by atomic mass is 35.5. The molecule has 0 saturated carbocycles. The topological polar surface area (TPSA) is 21.3 Å². The minimum atomic E-state index is -0.288. The van der Waals surface area contributed by atoms with Gasteiger partial charge in [-0.3, -0.25) is 0 Å². The van der Waals surface area contributed by atoms with Crippen LogP contribution in [0, 0.1) is 12.7 Å². The molecule has 4 heteroatoms. The van der Waals surface area contributed by atoms with Gasteiger partial charge in [-0.1, -0.05) is 17.7 Å². The lowest BCUT2D eigenvalue weighted by atomic mass is 10.1. The first kappa shape index (κ1) is 14.8. The lowest BCUT2D eigenvalue weighted by Crippen LogP contribution is -2.13. The van der Waals surface area contributed by atoms with E-state index in [9.17, 15) is 4.39 Å². The van der Waals surface area contributed by atoms with Crippen molar-refractivity contribution < 1.29 is 9.13 Å². The molecular weight excluding hydrogens is 277 g/mol. The molecule has 0 fully saturated rings. The monoisotopic (exact) mass is 293 g/mol. The molecule has 0 saturated heterocycles. The first-order chi connectivity index (χ1) is 9.51. The Labute approximate surface area is 123 Å². The van der Waals surface area contributed by atoms with Crippen LogP contribution in [0.5, 0.6) is 11.5 Å². The largest absolute Gasteiger partial charge is 0.455 e. The van der Waals surface area contributed by atoms with Crippen LogP contribution in [0.1, 0.15) is 24.1 Å². The summed E-state index contributed by atoms with van der Waals surface area (Å²) in [5.74, 6) is 0.872. The number of benzene rings is 2. The lowest BCUT2D eigenvalue weighted by Gasteiger charge is -2.17. The molecule has 0 bridgehead atoms. The SMILES string of the molecule is CNC(C)c1cc(F)ccc1Oc1ccc(C)cc1Cl. The number of ether oxygens (including phenoxy) is 1. The average molecular weight is 294 g/mol. The number of aryl methyl sites for hydroxylation is 1. The molecule has 20 heavy (non-hydrogen) atoms. The Hall–Kier alpha value is -1.58. The van der Waals surface area contributed by atoms with Gasteiger partial charge < -0.3 is 10.1 Å². The Kier molecular flexibility index (Phi) is 4.63. The van der Waals surface area contributed by atoms with Crippen LogP contribution < -0.4 is 10.1 Å². The first-order valence-electron chi connectivity index (χ1n) is 6.42. The highest BCUT2D eigenvalue weighted by Gasteiger charge is 2.13. The highest BCUT2D eigenvalue weighted by molar-refractivity contribution is 6.32. The van der Waals surface area contributed by atoms with E-state index >= 15 is 0 Å². The molecule has 0 aliphatic carbocycles. The number of hydrogen-bond donors (Lipinski definition) is 1. The van der Waals surface area contributed by atoms with Gasteiger partial charge in [0, 0.05) is 11.6 Å². The number of nitrogens with one attached hydrogen (secondary N) is 1. The van der Waals surface area contributed by atoms with Crippen molar-refractivity contribution >= 4 is 11.6 Å². The Morgan fingerprint density at radius 2 is 1.85 bits per heavy atom. The van der Waals surface area contributed by atoms with Crippen molar-refractivity contribution in [2.24, 2.45) is 0 Å². The van der Waals surface area contributed by atoms with Crippen LogP contribution in [0.4, 0.5) is 4.39 Å². The average Bonchev–Trinajstić information content (AvgIpc) is 2.42. The summed E-state index contributed by atoms with van der Waals surface area (Å²) in [6.07, 6.45) is 0. The minimum Gasteiger partial charge on any atom is -0.455 e. The molecule has 2 nitrogen and oxygen atoms in total. The van der Waals surface area contributed by atoms with Gasteiger partial charge in [0.05, 0.1) is 5.02 Å². The van der Waals surface area contributed by atoms with Crippen molar-refractivity contribution in [1.29, 1.82) is 0 Å². The third-order valence-corrected chi connectivity index (χ3v) is 3.47. The van der Waals surface area contributed by atoms with Crippen molar-refractivity contribution in [2.45, 2.75) is 19.9 Å². The summed E-state index contributed by atoms with van der Waals surface area (Å²) in [5.41, 5.74) is 1.81. The maximum Gasteiger partial charge on any atom is 0.146 e. The molecule has 0 aliphatic rings. The molecule has 1 atom stereocenters. The summed E-state index contributed by atoms with van der Waals surface area (Å²) in [4.78, 5) is 0. The van der Waals surface area contributed by atoms with Gasteiger partial charge in [-0.15, -0.1) is 0 Å². The number of rotatable bonds is 4. The third-order valence-electron chi connectivity index (χ3n) is 3.18. The predicted molar refractivity (Wildman–Crippen MR) is 80.1 cm³/mol. The van der Waals surface area contributed by atoms with Crippen molar-refractivity contribution in [1.82, 2.24) is 5.32 Å². The second-order valence-electron chi connectivity index (χ2n) is 4.73. The highest BCUT2D eigenvalue weighted by Crippen LogP contribution is 2.34. The maximum atomic E-state index is 13.4. The molecule has 1 N–H and O–H groups in total. The van der Waals surface area contributed by atoms with E-state index in [1.165, 1.54) is 12.1 Å². The third kappa shape index (κ3) is 3.30. The minimum absolute atomic E-state index is 0.0232. The van der Waals surface area contributed by atoms with E-state index in [0.29, 0.717) is 16.5 Å². The van der Waals surface area contributed by atoms with Crippen molar-refractivity contribution in [3.63, 3.8) is 0 Å². The summed E-state index contributed by atoms with van der Waals surface area (Å²) in [5, 5.41) is 3.62. The van der Waals surface area contributed by atoms with Crippen LogP contribution in [0.2, 0.25) is 5.02 Å². The van der Waals surface area contributed by atoms with Crippen LogP contribution in [-0.4, -0.2) is 7.05 Å². The second kappa shape index (κ2) is 6.25. The standard InChI is InChI=1S/C16H17ClFNO/c1-10-4-6-16(14(17)8-10)20-15-7-5-12(18)9-13(15)11(2)19-3/h4-9,11,19H,1-3H3. The quantitative estimate of drug-likeness (QED) is 0.869. The second-order valence-corrected chi connectivity index (χ2v) is 5.14. The lowest BCUT2D eigenvalue weighted by molar-refractivity contribution is 0.463. The van der Waals surface area contributed by atoms with Gasteiger partial charge in [-0.2, -0.15) is 0 Å². The zero-order chi connectivity index (χ0) is 14.7. The Balaban J connectivity index is 2.37. The van der Waals surface area contributed by atoms with Gasteiger partial charge in [0.1, 0.15) is 17.3 Å². The molecule has 1 unspecified atom stereocenters. The molecule has 2 aromatic carbocycles. The van der Waals surface area contributed by atoms with E-state index in [-0.39, 0.29) is 11.9 Å². The summed E-state index contributed by atoms with van der Waals surface area (Å²) >= 11 is 6.16. The van der Waals surface area contributed by atoms with Gasteiger partial charge in [0.25, 0.3) is 0 Å². The fourth-order valence-electron chi connectivity index (χ4n) is 1.91. The zero-order valence-electron chi connectivity index (χ0n) is 11.7. The Morgan fingerprint density at radius 1 is 1.15 bits per heavy atom. The zero-order valence-corrected chi connectivity index (χ0v) is 12.5. The molecule has 0 aromatic heterocycles. The van der Waals surface area contributed by atoms with Crippen LogP contribution in [-0.2, 0) is 0 Å². The van der Waals surface area contributed by atoms with Crippen molar-refractivity contribution in [3.05, 3.63) is 58.4 Å². The van der Waals surface area contributed by atoms with E-state index in [2.05, 4.69) is 5.32 Å². The molecule has 106 valence electrons. The van der Waals surface area contributed by atoms with Gasteiger partial charge >= 0.3 is 0 Å². The molecule has 0 heterocycles. The van der Waals surface area contributed by atoms with E-state index in [4.69, 9.17) is 16.3 Å². The predicted octanol–water partition coefficient (Wildman–Crippen LogP) is 4.86. The molecule has 2 aromatic rings. The van der Waals surface area contributed by atoms with Crippen molar-refractivity contribution in [3.8, 4) is 11.5 Å². The molecule has 0 aliphatic heterocycles. The molecule has 0 spiro atoms. The number of hydrogen-bond acceptors (Lipinski definition) is 2. The Bertz CT molecular complexity index is 615.